The molecule has 0 amide bonds. The number of nitrogens with zero attached hydrogens (tertiary/aromatic N) is 4. The summed E-state index contributed by atoms with van der Waals surface area (Å²) in [6, 6.07) is 11.9. The number of anilines is 4. The van der Waals surface area contributed by atoms with E-state index in [4.69, 9.17) is 14.2 Å². The largest absolute Gasteiger partial charge is 0.494 e. The molecule has 1 aromatic carbocycles. The minimum absolute atomic E-state index is 0.264. The monoisotopic (exact) mass is 490 g/mol. The topological polar surface area (TPSA) is 93.7 Å². The van der Waals surface area contributed by atoms with E-state index in [9.17, 15) is 0 Å². The van der Waals surface area contributed by atoms with Crippen molar-refractivity contribution in [3.8, 4) is 5.75 Å². The second-order valence-corrected chi connectivity index (χ2v) is 9.13. The summed E-state index contributed by atoms with van der Waals surface area (Å²) in [7, 11) is 1.77. The number of rotatable bonds is 10. The number of nitrogens with one attached hydrogen (secondary N) is 2. The molecule has 0 radical (unpaired) electrons. The van der Waals surface area contributed by atoms with Gasteiger partial charge in [-0.15, -0.1) is 0 Å². The predicted octanol–water partition coefficient (Wildman–Crippen LogP) is 3.96. The van der Waals surface area contributed by atoms with Crippen LogP contribution in [0.2, 0.25) is 0 Å². The van der Waals surface area contributed by atoms with Crippen LogP contribution in [0.1, 0.15) is 24.1 Å². The molecule has 0 spiro atoms. The summed E-state index contributed by atoms with van der Waals surface area (Å²) >= 11 is 0. The van der Waals surface area contributed by atoms with Crippen molar-refractivity contribution in [1.29, 1.82) is 0 Å². The lowest BCUT2D eigenvalue weighted by Gasteiger charge is -2.26. The molecule has 1 aliphatic heterocycles. The molecule has 1 atom stereocenters. The number of hydrogen-bond acceptors (Lipinski definition) is 9. The summed E-state index contributed by atoms with van der Waals surface area (Å²) in [5.74, 6) is 2.09. The Kier molecular flexibility index (Phi) is 8.22. The molecule has 2 aliphatic rings. The molecule has 5 rings (SSSR count). The highest BCUT2D eigenvalue weighted by atomic mass is 16.5. The van der Waals surface area contributed by atoms with Crippen molar-refractivity contribution >= 4 is 23.1 Å². The van der Waals surface area contributed by atoms with E-state index in [1.807, 2.05) is 36.5 Å². The van der Waals surface area contributed by atoms with Crippen molar-refractivity contribution in [2.24, 2.45) is 0 Å². The molecule has 36 heavy (non-hydrogen) atoms. The van der Waals surface area contributed by atoms with Crippen molar-refractivity contribution < 1.29 is 14.2 Å². The quantitative estimate of drug-likeness (QED) is 0.410. The lowest BCUT2D eigenvalue weighted by Crippen LogP contribution is -2.37. The average molecular weight is 491 g/mol. The van der Waals surface area contributed by atoms with E-state index in [1.54, 1.807) is 13.3 Å². The van der Waals surface area contributed by atoms with Crippen molar-refractivity contribution in [2.75, 3.05) is 57.2 Å². The van der Waals surface area contributed by atoms with Gasteiger partial charge in [-0.25, -0.2) is 4.98 Å². The smallest absolute Gasteiger partial charge is 0.229 e. The molecule has 1 fully saturated rings. The van der Waals surface area contributed by atoms with E-state index in [0.29, 0.717) is 18.4 Å². The van der Waals surface area contributed by atoms with Gasteiger partial charge in [0.1, 0.15) is 11.6 Å². The van der Waals surface area contributed by atoms with Gasteiger partial charge in [-0.05, 0) is 61.2 Å². The zero-order valence-electron chi connectivity index (χ0n) is 20.8. The van der Waals surface area contributed by atoms with Gasteiger partial charge in [0, 0.05) is 50.7 Å². The first-order valence-corrected chi connectivity index (χ1v) is 12.7. The van der Waals surface area contributed by atoms with Gasteiger partial charge in [0.2, 0.25) is 5.95 Å². The molecular formula is C27H34N6O3. The predicted molar refractivity (Wildman–Crippen MR) is 139 cm³/mol. The van der Waals surface area contributed by atoms with Crippen LogP contribution < -0.4 is 15.4 Å². The van der Waals surface area contributed by atoms with Crippen LogP contribution in [0.4, 0.5) is 23.1 Å². The van der Waals surface area contributed by atoms with Crippen molar-refractivity contribution in [3.63, 3.8) is 0 Å². The number of aryl methyl sites for hydroxylation is 1. The first-order valence-electron chi connectivity index (χ1n) is 12.7. The maximum atomic E-state index is 5.90. The normalized spacial score (nSPS) is 17.9. The minimum atomic E-state index is 0.264. The number of aromatic nitrogens is 3. The van der Waals surface area contributed by atoms with Crippen LogP contribution in [0.5, 0.6) is 5.75 Å². The lowest BCUT2D eigenvalue weighted by molar-refractivity contribution is 0.0358. The molecule has 3 aromatic rings. The standard InChI is InChI=1S/C27H34N6O3/c1-34-24-6-3-20-17-22(19-29-25(20)18-24)30-26-9-10-28-27(32-26)31-21-4-7-23(8-5-21)36-14-2-11-33-12-15-35-16-13-33/h4-5,7-10,17,19,24H,2-3,6,11-16,18H2,1H3,(H2,28,30,31,32). The van der Waals surface area contributed by atoms with E-state index in [2.05, 4.69) is 36.6 Å². The van der Waals surface area contributed by atoms with Crippen molar-refractivity contribution in [2.45, 2.75) is 31.8 Å². The number of ether oxygens (including phenoxy) is 3. The Hall–Kier alpha value is -3.27. The van der Waals surface area contributed by atoms with Gasteiger partial charge in [0.15, 0.2) is 0 Å². The molecule has 1 aliphatic carbocycles. The highest BCUT2D eigenvalue weighted by Crippen LogP contribution is 2.25. The summed E-state index contributed by atoms with van der Waals surface area (Å²) in [4.78, 5) is 16.0. The van der Waals surface area contributed by atoms with Crippen LogP contribution in [0.15, 0.2) is 48.8 Å². The van der Waals surface area contributed by atoms with Crippen LogP contribution >= 0.6 is 0 Å². The molecule has 2 aromatic heterocycles. The summed E-state index contributed by atoms with van der Waals surface area (Å²) < 4.78 is 16.8. The first kappa shape index (κ1) is 24.4. The second-order valence-electron chi connectivity index (χ2n) is 9.13. The van der Waals surface area contributed by atoms with E-state index in [1.165, 1.54) is 5.56 Å². The summed E-state index contributed by atoms with van der Waals surface area (Å²) in [5.41, 5.74) is 4.21. The summed E-state index contributed by atoms with van der Waals surface area (Å²) in [6.45, 7) is 5.43. The number of pyridine rings is 1. The van der Waals surface area contributed by atoms with Gasteiger partial charge in [-0.3, -0.25) is 9.88 Å². The fourth-order valence-electron chi connectivity index (χ4n) is 4.55. The van der Waals surface area contributed by atoms with Crippen LogP contribution in [0.25, 0.3) is 0 Å². The summed E-state index contributed by atoms with van der Waals surface area (Å²) in [5, 5.41) is 6.61. The Labute approximate surface area is 212 Å². The maximum Gasteiger partial charge on any atom is 0.229 e. The Balaban J connectivity index is 1.11. The van der Waals surface area contributed by atoms with Gasteiger partial charge in [0.05, 0.1) is 37.8 Å². The van der Waals surface area contributed by atoms with Gasteiger partial charge < -0.3 is 24.8 Å². The molecular weight excluding hydrogens is 456 g/mol. The van der Waals surface area contributed by atoms with E-state index < -0.39 is 0 Å². The first-order chi connectivity index (χ1) is 17.7. The molecule has 9 heteroatoms. The minimum Gasteiger partial charge on any atom is -0.494 e. The molecule has 0 bridgehead atoms. The van der Waals surface area contributed by atoms with E-state index in [0.717, 1.165) is 81.3 Å². The Morgan fingerprint density at radius 2 is 1.92 bits per heavy atom. The Morgan fingerprint density at radius 3 is 2.75 bits per heavy atom. The molecule has 1 saturated heterocycles. The van der Waals surface area contributed by atoms with Gasteiger partial charge in [-0.2, -0.15) is 4.98 Å². The fourth-order valence-corrected chi connectivity index (χ4v) is 4.55. The van der Waals surface area contributed by atoms with E-state index >= 15 is 0 Å². The number of morpholine rings is 1. The maximum absolute atomic E-state index is 5.90. The van der Waals surface area contributed by atoms with Gasteiger partial charge in [-0.1, -0.05) is 0 Å². The zero-order chi connectivity index (χ0) is 24.6. The van der Waals surface area contributed by atoms with Crippen LogP contribution in [-0.2, 0) is 22.3 Å². The van der Waals surface area contributed by atoms with Crippen LogP contribution in [0, 0.1) is 0 Å². The van der Waals surface area contributed by atoms with Crippen molar-refractivity contribution in [1.82, 2.24) is 19.9 Å². The number of fused-ring (bicyclic) bond motifs is 1. The number of hydrogen-bond donors (Lipinski definition) is 2. The second kappa shape index (κ2) is 12.1. The molecule has 3 heterocycles. The molecule has 2 N–H and O–H groups in total. The van der Waals surface area contributed by atoms with Crippen LogP contribution in [0.3, 0.4) is 0 Å². The van der Waals surface area contributed by atoms with Crippen LogP contribution in [-0.4, -0.2) is 72.5 Å². The third kappa shape index (κ3) is 6.69. The Bertz CT molecular complexity index is 1120. The number of benzene rings is 1. The highest BCUT2D eigenvalue weighted by molar-refractivity contribution is 5.60. The highest BCUT2D eigenvalue weighted by Gasteiger charge is 2.19. The Morgan fingerprint density at radius 1 is 1.06 bits per heavy atom. The summed E-state index contributed by atoms with van der Waals surface area (Å²) in [6.07, 6.45) is 7.71. The number of methoxy groups -OCH3 is 1. The molecule has 190 valence electrons. The third-order valence-corrected chi connectivity index (χ3v) is 6.58. The van der Waals surface area contributed by atoms with Crippen molar-refractivity contribution in [3.05, 3.63) is 60.0 Å². The lowest BCUT2D eigenvalue weighted by atomic mass is 9.93. The molecule has 1 unspecified atom stereocenters. The molecule has 9 nitrogen and oxygen atoms in total. The fraction of sp³-hybridized carbons (Fsp3) is 0.444. The molecule has 0 saturated carbocycles. The van der Waals surface area contributed by atoms with Gasteiger partial charge >= 0.3 is 0 Å². The van der Waals surface area contributed by atoms with Gasteiger partial charge in [0.25, 0.3) is 0 Å². The SMILES string of the molecule is COC1CCc2cc(Nc3ccnc(Nc4ccc(OCCCN5CCOCC5)cc4)n3)cnc2C1. The third-order valence-electron chi connectivity index (χ3n) is 6.58. The average Bonchev–Trinajstić information content (AvgIpc) is 2.92. The zero-order valence-corrected chi connectivity index (χ0v) is 20.8. The van der Waals surface area contributed by atoms with E-state index in [-0.39, 0.29) is 6.10 Å².